The molecule has 2 N–H and O–H groups in total. The first-order chi connectivity index (χ1) is 11.7. The number of hydrogen-bond donors (Lipinski definition) is 2. The number of aromatic nitrogens is 2. The minimum atomic E-state index is 0.278. The van der Waals surface area contributed by atoms with Crippen molar-refractivity contribution < 1.29 is 4.79 Å². The lowest BCUT2D eigenvalue weighted by Crippen LogP contribution is -2.33. The zero-order valence-electron chi connectivity index (χ0n) is 14.3. The fourth-order valence-electron chi connectivity index (χ4n) is 4.20. The molecule has 3 heterocycles. The molecular formula is C19H26N4O. The Balaban J connectivity index is 1.36. The van der Waals surface area contributed by atoms with Gasteiger partial charge in [0.2, 0.25) is 5.91 Å². The number of benzene rings is 1. The maximum absolute atomic E-state index is 12.6. The van der Waals surface area contributed by atoms with Crippen molar-refractivity contribution in [2.24, 2.45) is 11.8 Å². The van der Waals surface area contributed by atoms with E-state index >= 15 is 0 Å². The second-order valence-corrected chi connectivity index (χ2v) is 7.29. The average Bonchev–Trinajstić information content (AvgIpc) is 3.16. The predicted molar refractivity (Wildman–Crippen MR) is 94.8 cm³/mol. The van der Waals surface area contributed by atoms with E-state index in [2.05, 4.69) is 33.2 Å². The van der Waals surface area contributed by atoms with Gasteiger partial charge in [0.25, 0.3) is 0 Å². The SMILES string of the molecule is Cc1cccc2[nH]c(CCC(=O)N3CC[C@@H]4CNC[C@@H]4CC3)nc12. The summed E-state index contributed by atoms with van der Waals surface area (Å²) in [5.74, 6) is 2.73. The Bertz CT molecular complexity index is 724. The molecule has 0 unspecified atom stereocenters. The van der Waals surface area contributed by atoms with Crippen LogP contribution < -0.4 is 5.32 Å². The monoisotopic (exact) mass is 326 g/mol. The molecule has 0 radical (unpaired) electrons. The summed E-state index contributed by atoms with van der Waals surface area (Å²) in [6.45, 7) is 6.17. The number of aryl methyl sites for hydroxylation is 2. The quantitative estimate of drug-likeness (QED) is 0.909. The van der Waals surface area contributed by atoms with Crippen LogP contribution in [-0.4, -0.2) is 47.0 Å². The Morgan fingerprint density at radius 3 is 2.71 bits per heavy atom. The average molecular weight is 326 g/mol. The number of nitrogens with zero attached hydrogens (tertiary/aromatic N) is 2. The van der Waals surface area contributed by atoms with Crippen molar-refractivity contribution in [2.45, 2.75) is 32.6 Å². The van der Waals surface area contributed by atoms with Gasteiger partial charge in [-0.25, -0.2) is 4.98 Å². The Morgan fingerprint density at radius 2 is 2.00 bits per heavy atom. The van der Waals surface area contributed by atoms with E-state index in [4.69, 9.17) is 0 Å². The number of hydrogen-bond acceptors (Lipinski definition) is 3. The number of carbonyl (C=O) groups excluding carboxylic acids is 1. The van der Waals surface area contributed by atoms with Crippen molar-refractivity contribution in [3.63, 3.8) is 0 Å². The number of carbonyl (C=O) groups is 1. The van der Waals surface area contributed by atoms with Crippen LogP contribution in [0.5, 0.6) is 0 Å². The summed E-state index contributed by atoms with van der Waals surface area (Å²) in [6.07, 6.45) is 3.53. The van der Waals surface area contributed by atoms with Crippen LogP contribution in [0.1, 0.15) is 30.7 Å². The highest BCUT2D eigenvalue weighted by atomic mass is 16.2. The summed E-state index contributed by atoms with van der Waals surface area (Å²) >= 11 is 0. The maximum atomic E-state index is 12.6. The number of fused-ring (bicyclic) bond motifs is 2. The zero-order chi connectivity index (χ0) is 16.5. The van der Waals surface area contributed by atoms with Gasteiger partial charge in [-0.15, -0.1) is 0 Å². The predicted octanol–water partition coefficient (Wildman–Crippen LogP) is 2.26. The van der Waals surface area contributed by atoms with E-state index in [1.807, 2.05) is 12.1 Å². The van der Waals surface area contributed by atoms with Crippen LogP contribution in [0.4, 0.5) is 0 Å². The number of imidazole rings is 1. The number of H-pyrrole nitrogens is 1. The van der Waals surface area contributed by atoms with Gasteiger partial charge in [-0.1, -0.05) is 12.1 Å². The fraction of sp³-hybridized carbons (Fsp3) is 0.579. The third-order valence-corrected chi connectivity index (χ3v) is 5.71. The smallest absolute Gasteiger partial charge is 0.223 e. The molecule has 1 aromatic heterocycles. The third kappa shape index (κ3) is 3.05. The van der Waals surface area contributed by atoms with Crippen LogP contribution >= 0.6 is 0 Å². The summed E-state index contributed by atoms with van der Waals surface area (Å²) in [7, 11) is 0. The van der Waals surface area contributed by atoms with Gasteiger partial charge in [0, 0.05) is 25.9 Å². The molecule has 0 spiro atoms. The van der Waals surface area contributed by atoms with Gasteiger partial charge in [-0.05, 0) is 56.3 Å². The molecule has 5 heteroatoms. The summed E-state index contributed by atoms with van der Waals surface area (Å²) in [5, 5.41) is 3.48. The third-order valence-electron chi connectivity index (χ3n) is 5.71. The Kier molecular flexibility index (Phi) is 4.27. The standard InChI is InChI=1S/C19H26N4O/c1-13-3-2-4-16-19(13)22-17(21-16)5-6-18(24)23-9-7-14-11-20-12-15(14)8-10-23/h2-4,14-15,20H,5-12H2,1H3,(H,21,22)/t14-,15+. The fourth-order valence-corrected chi connectivity index (χ4v) is 4.20. The molecule has 2 aliphatic heterocycles. The van der Waals surface area contributed by atoms with Crippen LogP contribution in [0.25, 0.3) is 11.0 Å². The molecule has 4 rings (SSSR count). The number of likely N-dealkylation sites (tertiary alicyclic amines) is 1. The highest BCUT2D eigenvalue weighted by molar-refractivity contribution is 5.79. The van der Waals surface area contributed by atoms with Crippen molar-refractivity contribution in [3.05, 3.63) is 29.6 Å². The molecule has 2 fully saturated rings. The first-order valence-corrected chi connectivity index (χ1v) is 9.13. The van der Waals surface area contributed by atoms with Gasteiger partial charge < -0.3 is 15.2 Å². The summed E-state index contributed by atoms with van der Waals surface area (Å²) in [5.41, 5.74) is 3.26. The number of para-hydroxylation sites is 1. The lowest BCUT2D eigenvalue weighted by molar-refractivity contribution is -0.131. The second-order valence-electron chi connectivity index (χ2n) is 7.29. The molecule has 0 bridgehead atoms. The molecule has 1 aromatic carbocycles. The topological polar surface area (TPSA) is 61.0 Å². The highest BCUT2D eigenvalue weighted by Gasteiger charge is 2.31. The van der Waals surface area contributed by atoms with Crippen molar-refractivity contribution >= 4 is 16.9 Å². The van der Waals surface area contributed by atoms with Gasteiger partial charge in [0.1, 0.15) is 5.82 Å². The van der Waals surface area contributed by atoms with E-state index in [9.17, 15) is 4.79 Å². The lowest BCUT2D eigenvalue weighted by Gasteiger charge is -2.20. The van der Waals surface area contributed by atoms with Crippen LogP contribution in [0.15, 0.2) is 18.2 Å². The van der Waals surface area contributed by atoms with E-state index in [0.29, 0.717) is 12.8 Å². The van der Waals surface area contributed by atoms with E-state index in [-0.39, 0.29) is 5.91 Å². The minimum Gasteiger partial charge on any atom is -0.343 e. The number of nitrogens with one attached hydrogen (secondary N) is 2. The molecule has 0 aliphatic carbocycles. The molecule has 128 valence electrons. The van der Waals surface area contributed by atoms with Gasteiger partial charge >= 0.3 is 0 Å². The first-order valence-electron chi connectivity index (χ1n) is 9.13. The minimum absolute atomic E-state index is 0.278. The Labute approximate surface area is 142 Å². The largest absolute Gasteiger partial charge is 0.343 e. The second kappa shape index (κ2) is 6.55. The molecule has 2 saturated heterocycles. The van der Waals surface area contributed by atoms with Gasteiger partial charge in [-0.3, -0.25) is 4.79 Å². The van der Waals surface area contributed by atoms with E-state index in [1.54, 1.807) is 0 Å². The molecule has 2 atom stereocenters. The number of aromatic amines is 1. The molecule has 24 heavy (non-hydrogen) atoms. The van der Waals surface area contributed by atoms with Gasteiger partial charge in [0.05, 0.1) is 11.0 Å². The summed E-state index contributed by atoms with van der Waals surface area (Å²) in [6, 6.07) is 6.15. The molecule has 2 aliphatic rings. The van der Waals surface area contributed by atoms with Gasteiger partial charge in [-0.2, -0.15) is 0 Å². The van der Waals surface area contributed by atoms with Crippen LogP contribution in [0, 0.1) is 18.8 Å². The molecule has 1 amide bonds. The van der Waals surface area contributed by atoms with E-state index in [1.165, 1.54) is 5.56 Å². The normalized spacial score (nSPS) is 24.1. The van der Waals surface area contributed by atoms with E-state index in [0.717, 1.165) is 67.7 Å². The van der Waals surface area contributed by atoms with Crippen LogP contribution in [-0.2, 0) is 11.2 Å². The lowest BCUT2D eigenvalue weighted by atomic mass is 9.92. The number of rotatable bonds is 3. The van der Waals surface area contributed by atoms with Crippen molar-refractivity contribution in [2.75, 3.05) is 26.2 Å². The Morgan fingerprint density at radius 1 is 1.25 bits per heavy atom. The summed E-state index contributed by atoms with van der Waals surface area (Å²) in [4.78, 5) is 22.7. The maximum Gasteiger partial charge on any atom is 0.223 e. The number of amides is 1. The summed E-state index contributed by atoms with van der Waals surface area (Å²) < 4.78 is 0. The first kappa shape index (κ1) is 15.6. The van der Waals surface area contributed by atoms with Crippen LogP contribution in [0.3, 0.4) is 0 Å². The zero-order valence-corrected chi connectivity index (χ0v) is 14.3. The van der Waals surface area contributed by atoms with Crippen molar-refractivity contribution in [1.29, 1.82) is 0 Å². The van der Waals surface area contributed by atoms with Gasteiger partial charge in [0.15, 0.2) is 0 Å². The Hall–Kier alpha value is -1.88. The van der Waals surface area contributed by atoms with Crippen molar-refractivity contribution in [3.8, 4) is 0 Å². The van der Waals surface area contributed by atoms with E-state index < -0.39 is 0 Å². The molecule has 5 nitrogen and oxygen atoms in total. The molecule has 0 saturated carbocycles. The molecular weight excluding hydrogens is 300 g/mol. The highest BCUT2D eigenvalue weighted by Crippen LogP contribution is 2.27. The van der Waals surface area contributed by atoms with Crippen molar-refractivity contribution in [1.82, 2.24) is 20.2 Å². The van der Waals surface area contributed by atoms with Crippen LogP contribution in [0.2, 0.25) is 0 Å². The molecule has 2 aromatic rings.